The molecule has 6 nitrogen and oxygen atoms in total. The monoisotopic (exact) mass is 462 g/mol. The smallest absolute Gasteiger partial charge is 0.326 e. The second kappa shape index (κ2) is 8.11. The summed E-state index contributed by atoms with van der Waals surface area (Å²) in [6, 6.07) is 7.40. The van der Waals surface area contributed by atoms with Crippen LogP contribution in [0.2, 0.25) is 5.15 Å². The first kappa shape index (κ1) is 19.2. The number of nitrogens with one attached hydrogen (secondary N) is 2. The number of pyridine rings is 1. The lowest BCUT2D eigenvalue weighted by molar-refractivity contribution is 0.242. The van der Waals surface area contributed by atoms with E-state index in [1.165, 1.54) is 0 Å². The van der Waals surface area contributed by atoms with Gasteiger partial charge in [-0.1, -0.05) is 11.6 Å². The molecular weight excluding hydrogens is 444 g/mol. The summed E-state index contributed by atoms with van der Waals surface area (Å²) in [6.45, 7) is 4.46. The van der Waals surface area contributed by atoms with Crippen LogP contribution in [0.1, 0.15) is 23.7 Å². The van der Waals surface area contributed by atoms with Gasteiger partial charge < -0.3 is 15.4 Å². The predicted octanol–water partition coefficient (Wildman–Crippen LogP) is 4.25. The van der Waals surface area contributed by atoms with Crippen molar-refractivity contribution in [3.05, 3.63) is 56.9 Å². The van der Waals surface area contributed by atoms with Gasteiger partial charge in [0.15, 0.2) is 0 Å². The van der Waals surface area contributed by atoms with Crippen LogP contribution in [0.3, 0.4) is 0 Å². The van der Waals surface area contributed by atoms with E-state index >= 15 is 0 Å². The van der Waals surface area contributed by atoms with Crippen LogP contribution >= 0.6 is 27.5 Å². The van der Waals surface area contributed by atoms with E-state index in [2.05, 4.69) is 31.5 Å². The fraction of sp³-hybridized carbons (Fsp3) is 0.300. The van der Waals surface area contributed by atoms with E-state index in [0.717, 1.165) is 57.5 Å². The Balaban J connectivity index is 1.74. The van der Waals surface area contributed by atoms with Crippen LogP contribution in [-0.4, -0.2) is 28.7 Å². The summed E-state index contributed by atoms with van der Waals surface area (Å²) in [5.74, 6) is 0.729. The van der Waals surface area contributed by atoms with Crippen molar-refractivity contribution in [2.24, 2.45) is 0 Å². The number of hydrogen-bond acceptors (Lipinski definition) is 4. The molecule has 2 aromatic heterocycles. The van der Waals surface area contributed by atoms with Crippen molar-refractivity contribution in [1.29, 1.82) is 0 Å². The highest BCUT2D eigenvalue weighted by Crippen LogP contribution is 2.36. The lowest BCUT2D eigenvalue weighted by atomic mass is 10.1. The lowest BCUT2D eigenvalue weighted by Gasteiger charge is -2.16. The van der Waals surface area contributed by atoms with Gasteiger partial charge in [0.25, 0.3) is 0 Å². The van der Waals surface area contributed by atoms with Gasteiger partial charge in [-0.15, -0.1) is 0 Å². The second-order valence-corrected chi connectivity index (χ2v) is 7.81. The summed E-state index contributed by atoms with van der Waals surface area (Å²) in [4.78, 5) is 17.1. The Labute approximate surface area is 176 Å². The Bertz CT molecular complexity index is 1050. The van der Waals surface area contributed by atoms with Gasteiger partial charge in [-0.25, -0.2) is 9.78 Å². The van der Waals surface area contributed by atoms with Crippen LogP contribution in [-0.2, 0) is 19.5 Å². The standard InChI is InChI=1S/C20H20BrClN4O2/c1-2-28-18-9-17-13(8-15(18)21)14-11-23-5-4-16(14)26(17)20(27)25-10-12-3-6-24-19(22)7-12/h3,6-9,23H,2,4-5,10-11H2,1H3,(H,25,27). The highest BCUT2D eigenvalue weighted by atomic mass is 79.9. The van der Waals surface area contributed by atoms with Crippen LogP contribution in [0.15, 0.2) is 34.9 Å². The normalized spacial score (nSPS) is 13.4. The number of nitrogens with zero attached hydrogens (tertiary/aromatic N) is 2. The molecule has 3 aromatic rings. The Kier molecular flexibility index (Phi) is 5.57. The number of amides is 1. The number of benzene rings is 1. The molecule has 1 aliphatic rings. The summed E-state index contributed by atoms with van der Waals surface area (Å²) >= 11 is 9.53. The van der Waals surface area contributed by atoms with Gasteiger partial charge in [-0.3, -0.25) is 4.57 Å². The van der Waals surface area contributed by atoms with Gasteiger partial charge in [-0.2, -0.15) is 0 Å². The van der Waals surface area contributed by atoms with Gasteiger partial charge in [0.05, 0.1) is 16.6 Å². The molecule has 0 radical (unpaired) electrons. The Hall–Kier alpha value is -2.09. The first-order chi connectivity index (χ1) is 13.6. The molecule has 0 unspecified atom stereocenters. The first-order valence-corrected chi connectivity index (χ1v) is 10.3. The van der Waals surface area contributed by atoms with Crippen molar-refractivity contribution < 1.29 is 9.53 Å². The second-order valence-electron chi connectivity index (χ2n) is 6.57. The summed E-state index contributed by atoms with van der Waals surface area (Å²) in [6.07, 6.45) is 2.43. The molecular formula is C20H20BrClN4O2. The summed E-state index contributed by atoms with van der Waals surface area (Å²) in [7, 11) is 0. The molecule has 0 saturated carbocycles. The predicted molar refractivity (Wildman–Crippen MR) is 113 cm³/mol. The van der Waals surface area contributed by atoms with Crippen LogP contribution in [0.5, 0.6) is 5.75 Å². The minimum Gasteiger partial charge on any atom is -0.493 e. The third-order valence-electron chi connectivity index (χ3n) is 4.81. The highest BCUT2D eigenvalue weighted by Gasteiger charge is 2.24. The van der Waals surface area contributed by atoms with Crippen molar-refractivity contribution in [1.82, 2.24) is 20.2 Å². The van der Waals surface area contributed by atoms with Crippen LogP contribution in [0.25, 0.3) is 10.9 Å². The zero-order valence-corrected chi connectivity index (χ0v) is 17.7. The average molecular weight is 464 g/mol. The average Bonchev–Trinajstić information content (AvgIpc) is 3.00. The highest BCUT2D eigenvalue weighted by molar-refractivity contribution is 9.10. The number of carbonyl (C=O) groups excluding carboxylic acids is 1. The quantitative estimate of drug-likeness (QED) is 0.568. The van der Waals surface area contributed by atoms with Crippen molar-refractivity contribution in [2.75, 3.05) is 13.2 Å². The number of carbonyl (C=O) groups is 1. The van der Waals surface area contributed by atoms with Gasteiger partial charge in [-0.05, 0) is 52.2 Å². The first-order valence-electron chi connectivity index (χ1n) is 9.16. The zero-order valence-electron chi connectivity index (χ0n) is 15.4. The van der Waals surface area contributed by atoms with Crippen molar-refractivity contribution >= 4 is 44.5 Å². The largest absolute Gasteiger partial charge is 0.493 e. The third kappa shape index (κ3) is 3.62. The number of fused-ring (bicyclic) bond motifs is 3. The lowest BCUT2D eigenvalue weighted by Crippen LogP contribution is -2.32. The van der Waals surface area contributed by atoms with E-state index in [-0.39, 0.29) is 6.03 Å². The minimum absolute atomic E-state index is 0.161. The molecule has 0 aliphatic carbocycles. The minimum atomic E-state index is -0.161. The number of aromatic nitrogens is 2. The third-order valence-corrected chi connectivity index (χ3v) is 5.64. The maximum Gasteiger partial charge on any atom is 0.326 e. The van der Waals surface area contributed by atoms with Crippen molar-refractivity contribution in [3.63, 3.8) is 0 Å². The topological polar surface area (TPSA) is 68.2 Å². The molecule has 1 aliphatic heterocycles. The molecule has 0 saturated heterocycles. The molecule has 1 amide bonds. The summed E-state index contributed by atoms with van der Waals surface area (Å²) in [5, 5.41) is 7.86. The number of ether oxygens (including phenoxy) is 1. The molecule has 2 N–H and O–H groups in total. The summed E-state index contributed by atoms with van der Waals surface area (Å²) < 4.78 is 8.39. The van der Waals surface area contributed by atoms with Gasteiger partial charge >= 0.3 is 6.03 Å². The van der Waals surface area contributed by atoms with E-state index in [0.29, 0.717) is 18.3 Å². The Morgan fingerprint density at radius 1 is 1.43 bits per heavy atom. The molecule has 0 spiro atoms. The van der Waals surface area contributed by atoms with Crippen molar-refractivity contribution in [3.8, 4) is 5.75 Å². The maximum atomic E-state index is 13.1. The SMILES string of the molecule is CCOc1cc2c(cc1Br)c1c(n2C(=O)NCc2ccnc(Cl)c2)CCNC1. The fourth-order valence-corrected chi connectivity index (χ4v) is 4.25. The van der Waals surface area contributed by atoms with Gasteiger partial charge in [0.2, 0.25) is 0 Å². The summed E-state index contributed by atoms with van der Waals surface area (Å²) in [5.41, 5.74) is 3.95. The van der Waals surface area contributed by atoms with Crippen LogP contribution < -0.4 is 15.4 Å². The van der Waals surface area contributed by atoms with Crippen LogP contribution in [0.4, 0.5) is 4.79 Å². The molecule has 146 valence electrons. The Morgan fingerprint density at radius 2 is 2.29 bits per heavy atom. The number of rotatable bonds is 4. The van der Waals surface area contributed by atoms with E-state index in [9.17, 15) is 4.79 Å². The molecule has 0 atom stereocenters. The maximum absolute atomic E-state index is 13.1. The van der Waals surface area contributed by atoms with Gasteiger partial charge in [0, 0.05) is 49.4 Å². The Morgan fingerprint density at radius 3 is 3.07 bits per heavy atom. The fourth-order valence-electron chi connectivity index (χ4n) is 3.59. The molecule has 3 heterocycles. The van der Waals surface area contributed by atoms with Gasteiger partial charge in [0.1, 0.15) is 10.9 Å². The molecule has 0 fully saturated rings. The molecule has 0 bridgehead atoms. The van der Waals surface area contributed by atoms with Crippen LogP contribution in [0, 0.1) is 0 Å². The molecule has 1 aromatic carbocycles. The molecule has 8 heteroatoms. The van der Waals surface area contributed by atoms with E-state index in [1.54, 1.807) is 16.8 Å². The molecule has 4 rings (SSSR count). The van der Waals surface area contributed by atoms with E-state index in [1.807, 2.05) is 25.1 Å². The molecule has 28 heavy (non-hydrogen) atoms. The zero-order chi connectivity index (χ0) is 19.7. The number of halogens is 2. The van der Waals surface area contributed by atoms with Crippen molar-refractivity contribution in [2.45, 2.75) is 26.4 Å². The van der Waals surface area contributed by atoms with E-state index < -0.39 is 0 Å². The van der Waals surface area contributed by atoms with E-state index in [4.69, 9.17) is 16.3 Å². The number of hydrogen-bond donors (Lipinski definition) is 2.